The quantitative estimate of drug-likeness (QED) is 0.232. The molecule has 0 amide bonds. The number of H-pyrrole nitrogens is 1. The van der Waals surface area contributed by atoms with Crippen LogP contribution in [0.5, 0.6) is 5.75 Å². The maximum absolute atomic E-state index is 12.8. The topological polar surface area (TPSA) is 137 Å². The zero-order chi connectivity index (χ0) is 22.4. The zero-order valence-corrected chi connectivity index (χ0v) is 17.8. The van der Waals surface area contributed by atoms with E-state index in [-0.39, 0.29) is 23.5 Å². The third-order valence-corrected chi connectivity index (χ3v) is 4.39. The number of para-hydroxylation sites is 1. The van der Waals surface area contributed by atoms with Crippen LogP contribution in [0.2, 0.25) is 0 Å². The van der Waals surface area contributed by atoms with Crippen LogP contribution in [0, 0.1) is 0 Å². The molecule has 10 nitrogen and oxygen atoms in total. The molecule has 0 aliphatic heterocycles. The van der Waals surface area contributed by atoms with Gasteiger partial charge in [0.2, 0.25) is 0 Å². The third kappa shape index (κ3) is 5.08. The number of nitrogens with zero attached hydrogens (tertiary/aromatic N) is 4. The number of benzene rings is 1. The molecule has 0 atom stereocenters. The Morgan fingerprint density at radius 3 is 2.71 bits per heavy atom. The summed E-state index contributed by atoms with van der Waals surface area (Å²) in [6, 6.07) is 7.43. The van der Waals surface area contributed by atoms with E-state index in [1.165, 1.54) is 6.92 Å². The lowest BCUT2D eigenvalue weighted by Gasteiger charge is -2.10. The second-order valence-corrected chi connectivity index (χ2v) is 6.98. The summed E-state index contributed by atoms with van der Waals surface area (Å²) in [5.41, 5.74) is 7.63. The van der Waals surface area contributed by atoms with Crippen molar-refractivity contribution in [3.63, 3.8) is 0 Å². The molecule has 31 heavy (non-hydrogen) atoms. The van der Waals surface area contributed by atoms with E-state index in [0.29, 0.717) is 35.7 Å². The molecular weight excluding hydrogens is 400 g/mol. The Kier molecular flexibility index (Phi) is 7.01. The van der Waals surface area contributed by atoms with Crippen LogP contribution in [-0.4, -0.2) is 38.2 Å². The van der Waals surface area contributed by atoms with Gasteiger partial charge in [-0.05, 0) is 25.0 Å². The molecule has 3 rings (SSSR count). The fraction of sp³-hybridized carbons (Fsp3) is 0.381. The van der Waals surface area contributed by atoms with Crippen molar-refractivity contribution < 1.29 is 14.4 Å². The van der Waals surface area contributed by atoms with E-state index in [0.717, 1.165) is 18.5 Å². The molecule has 0 aliphatic carbocycles. The van der Waals surface area contributed by atoms with Crippen LogP contribution in [-0.2, 0) is 22.6 Å². The Balaban J connectivity index is 2.09. The van der Waals surface area contributed by atoms with Gasteiger partial charge >= 0.3 is 5.97 Å². The predicted octanol–water partition coefficient (Wildman–Crippen LogP) is 2.36. The highest BCUT2D eigenvalue weighted by Gasteiger charge is 2.19. The number of hydrogen-bond acceptors (Lipinski definition) is 7. The minimum atomic E-state index is -0.575. The van der Waals surface area contributed by atoms with Crippen LogP contribution < -0.4 is 16.0 Å². The molecule has 0 saturated heterocycles. The summed E-state index contributed by atoms with van der Waals surface area (Å²) in [5.74, 6) is 0.529. The van der Waals surface area contributed by atoms with Crippen LogP contribution in [0.1, 0.15) is 39.3 Å². The summed E-state index contributed by atoms with van der Waals surface area (Å²) in [7, 11) is 0. The average molecular weight is 426 g/mol. The van der Waals surface area contributed by atoms with Crippen molar-refractivity contribution in [3.05, 3.63) is 40.3 Å². The minimum absolute atomic E-state index is 0.0512. The number of rotatable bonds is 9. The number of carbonyl (C=O) groups is 1. The summed E-state index contributed by atoms with van der Waals surface area (Å²) >= 11 is 0. The maximum Gasteiger partial charge on any atom is 0.332 e. The molecule has 0 aliphatic rings. The monoisotopic (exact) mass is 426 g/mol. The second kappa shape index (κ2) is 9.88. The molecule has 0 bridgehead atoms. The zero-order valence-electron chi connectivity index (χ0n) is 17.8. The van der Waals surface area contributed by atoms with Crippen LogP contribution in [0.3, 0.4) is 0 Å². The van der Waals surface area contributed by atoms with E-state index in [4.69, 9.17) is 15.5 Å². The number of aromatic amines is 1. The molecule has 0 spiro atoms. The molecule has 3 aromatic rings. The highest BCUT2D eigenvalue weighted by atomic mass is 16.7. The number of aryl methyl sites for hydroxylation is 1. The fourth-order valence-electron chi connectivity index (χ4n) is 3.11. The number of ether oxygens (including phenoxy) is 1. The number of nitrogens with one attached hydrogen (secondary N) is 1. The van der Waals surface area contributed by atoms with Crippen molar-refractivity contribution in [2.45, 2.75) is 46.6 Å². The summed E-state index contributed by atoms with van der Waals surface area (Å²) in [6.07, 6.45) is 2.30. The molecule has 0 fully saturated rings. The summed E-state index contributed by atoms with van der Waals surface area (Å²) in [4.78, 5) is 35.9. The summed E-state index contributed by atoms with van der Waals surface area (Å²) in [5, 5.41) is 7.96. The molecule has 0 unspecified atom stereocenters. The van der Waals surface area contributed by atoms with E-state index < -0.39 is 5.97 Å². The Bertz CT molecular complexity index is 1160. The van der Waals surface area contributed by atoms with Crippen molar-refractivity contribution >= 4 is 22.8 Å². The number of amidine groups is 1. The first-order valence-electron chi connectivity index (χ1n) is 10.2. The van der Waals surface area contributed by atoms with Gasteiger partial charge in [-0.3, -0.25) is 9.48 Å². The van der Waals surface area contributed by atoms with Crippen molar-refractivity contribution in [2.24, 2.45) is 10.9 Å². The molecule has 10 heteroatoms. The Morgan fingerprint density at radius 2 is 2.00 bits per heavy atom. The highest BCUT2D eigenvalue weighted by molar-refractivity contribution is 5.83. The fourth-order valence-corrected chi connectivity index (χ4v) is 3.11. The van der Waals surface area contributed by atoms with Crippen LogP contribution in [0.15, 0.2) is 34.2 Å². The van der Waals surface area contributed by atoms with Gasteiger partial charge in [-0.25, -0.2) is 9.78 Å². The van der Waals surface area contributed by atoms with Gasteiger partial charge in [-0.1, -0.05) is 37.6 Å². The van der Waals surface area contributed by atoms with Crippen molar-refractivity contribution in [1.29, 1.82) is 0 Å². The SMILES string of the molecule is CCCOc1ccccc1-c1nc2c(CCC)n(CC(N)=NOC(C)=O)nc2c(=O)[nH]1. The first kappa shape index (κ1) is 22.0. The Hall–Kier alpha value is -3.69. The number of aromatic nitrogens is 4. The summed E-state index contributed by atoms with van der Waals surface area (Å²) < 4.78 is 7.39. The van der Waals surface area contributed by atoms with E-state index in [2.05, 4.69) is 20.1 Å². The lowest BCUT2D eigenvalue weighted by molar-refractivity contribution is -0.141. The van der Waals surface area contributed by atoms with Crippen molar-refractivity contribution in [3.8, 4) is 17.1 Å². The van der Waals surface area contributed by atoms with Crippen LogP contribution in [0.25, 0.3) is 22.4 Å². The molecule has 3 N–H and O–H groups in total. The number of hydrogen-bond donors (Lipinski definition) is 2. The average Bonchev–Trinajstić information content (AvgIpc) is 3.09. The van der Waals surface area contributed by atoms with E-state index in [9.17, 15) is 9.59 Å². The minimum Gasteiger partial charge on any atom is -0.493 e. The number of carbonyl (C=O) groups excluding carboxylic acids is 1. The molecule has 164 valence electrons. The Morgan fingerprint density at radius 1 is 1.23 bits per heavy atom. The van der Waals surface area contributed by atoms with E-state index in [1.54, 1.807) is 4.68 Å². The first-order valence-corrected chi connectivity index (χ1v) is 10.2. The van der Waals surface area contributed by atoms with Crippen molar-refractivity contribution in [1.82, 2.24) is 19.7 Å². The summed E-state index contributed by atoms with van der Waals surface area (Å²) in [6.45, 7) is 5.89. The molecular formula is C21H26N6O4. The molecule has 2 aromatic heterocycles. The van der Waals surface area contributed by atoms with Gasteiger partial charge in [-0.2, -0.15) is 5.10 Å². The smallest absolute Gasteiger partial charge is 0.332 e. The van der Waals surface area contributed by atoms with Gasteiger partial charge in [0, 0.05) is 6.92 Å². The van der Waals surface area contributed by atoms with E-state index in [1.807, 2.05) is 38.1 Å². The number of nitrogens with two attached hydrogens (primary N) is 1. The van der Waals surface area contributed by atoms with Gasteiger partial charge in [0.05, 0.1) is 17.9 Å². The van der Waals surface area contributed by atoms with Gasteiger partial charge < -0.3 is 20.3 Å². The second-order valence-electron chi connectivity index (χ2n) is 6.98. The van der Waals surface area contributed by atoms with Gasteiger partial charge in [0.25, 0.3) is 5.56 Å². The van der Waals surface area contributed by atoms with E-state index >= 15 is 0 Å². The van der Waals surface area contributed by atoms with Crippen molar-refractivity contribution in [2.75, 3.05) is 6.61 Å². The lowest BCUT2D eigenvalue weighted by atomic mass is 10.1. The van der Waals surface area contributed by atoms with Gasteiger partial charge in [-0.15, -0.1) is 0 Å². The number of oxime groups is 1. The van der Waals surface area contributed by atoms with Gasteiger partial charge in [0.1, 0.15) is 23.6 Å². The normalized spacial score (nSPS) is 11.6. The molecule has 0 saturated carbocycles. The van der Waals surface area contributed by atoms with Gasteiger partial charge in [0.15, 0.2) is 11.4 Å². The largest absolute Gasteiger partial charge is 0.493 e. The predicted molar refractivity (Wildman–Crippen MR) is 117 cm³/mol. The van der Waals surface area contributed by atoms with Crippen LogP contribution in [0.4, 0.5) is 0 Å². The third-order valence-electron chi connectivity index (χ3n) is 4.39. The van der Waals surface area contributed by atoms with Crippen LogP contribution >= 0.6 is 0 Å². The number of fused-ring (bicyclic) bond motifs is 1. The molecule has 0 radical (unpaired) electrons. The first-order chi connectivity index (χ1) is 14.9. The molecule has 1 aromatic carbocycles. The molecule has 2 heterocycles. The highest BCUT2D eigenvalue weighted by Crippen LogP contribution is 2.28. The lowest BCUT2D eigenvalue weighted by Crippen LogP contribution is -2.22. The Labute approximate surface area is 179 Å². The standard InChI is InChI=1S/C21H26N6O4/c1-4-8-15-18-19(25-27(15)12-17(22)26-31-13(3)28)21(29)24-20(23-18)14-9-6-7-10-16(14)30-11-5-2/h6-7,9-10H,4-5,8,11-12H2,1-3H3,(H2,22,26)(H,23,24,29). The maximum atomic E-state index is 12.8.